The smallest absolute Gasteiger partial charge is 0.0184 e. The van der Waals surface area contributed by atoms with Gasteiger partial charge in [0, 0.05) is 4.83 Å². The van der Waals surface area contributed by atoms with Gasteiger partial charge in [0.2, 0.25) is 0 Å². The quantitative estimate of drug-likeness (QED) is 0.558. The summed E-state index contributed by atoms with van der Waals surface area (Å²) in [5.41, 5.74) is 0.710. The van der Waals surface area contributed by atoms with E-state index in [4.69, 9.17) is 0 Å². The Morgan fingerprint density at radius 2 is 2.08 bits per heavy atom. The Bertz CT molecular complexity index is 225. The molecule has 0 saturated heterocycles. The minimum atomic E-state index is 0.710. The van der Waals surface area contributed by atoms with E-state index in [1.54, 1.807) is 0 Å². The fraction of sp³-hybridized carbons (Fsp3) is 1.00. The monoisotopic (exact) mass is 228 g/mol. The SMILES string of the molecule is C[C@@H]1CC2C3C[C@@H](Br)C2[C@]1(C)C3. The van der Waals surface area contributed by atoms with Gasteiger partial charge in [-0.15, -0.1) is 0 Å². The molecule has 0 N–H and O–H groups in total. The van der Waals surface area contributed by atoms with E-state index in [9.17, 15) is 0 Å². The van der Waals surface area contributed by atoms with Gasteiger partial charge in [0.1, 0.15) is 0 Å². The molecule has 0 radical (unpaired) electrons. The van der Waals surface area contributed by atoms with E-state index in [0.29, 0.717) is 5.41 Å². The molecule has 6 atom stereocenters. The maximum Gasteiger partial charge on any atom is 0.0184 e. The molecule has 0 aromatic heterocycles. The molecule has 12 heavy (non-hydrogen) atoms. The van der Waals surface area contributed by atoms with Crippen LogP contribution in [0.1, 0.15) is 33.1 Å². The van der Waals surface area contributed by atoms with E-state index in [1.165, 1.54) is 19.3 Å². The molecule has 4 bridgehead atoms. The molecule has 3 saturated carbocycles. The van der Waals surface area contributed by atoms with Crippen LogP contribution >= 0.6 is 15.9 Å². The van der Waals surface area contributed by atoms with Crippen molar-refractivity contribution in [3.63, 3.8) is 0 Å². The lowest BCUT2D eigenvalue weighted by Gasteiger charge is -2.39. The predicted octanol–water partition coefficient (Wildman–Crippen LogP) is 3.45. The summed E-state index contributed by atoms with van der Waals surface area (Å²) >= 11 is 3.88. The van der Waals surface area contributed by atoms with Crippen molar-refractivity contribution >= 4 is 15.9 Å². The lowest BCUT2D eigenvalue weighted by atomic mass is 9.68. The number of alkyl halides is 1. The zero-order chi connectivity index (χ0) is 8.51. The van der Waals surface area contributed by atoms with E-state index in [0.717, 1.165) is 28.5 Å². The first kappa shape index (κ1) is 7.84. The first-order valence-corrected chi connectivity index (χ1v) is 6.18. The molecule has 3 fully saturated rings. The highest BCUT2D eigenvalue weighted by Gasteiger charge is 2.64. The van der Waals surface area contributed by atoms with Gasteiger partial charge in [-0.05, 0) is 48.3 Å². The van der Waals surface area contributed by atoms with Crippen molar-refractivity contribution in [2.45, 2.75) is 37.9 Å². The number of rotatable bonds is 0. The van der Waals surface area contributed by atoms with Crippen LogP contribution in [-0.4, -0.2) is 4.83 Å². The molecule has 3 aliphatic rings. The van der Waals surface area contributed by atoms with Crippen LogP contribution in [0.4, 0.5) is 0 Å². The van der Waals surface area contributed by atoms with Crippen molar-refractivity contribution < 1.29 is 0 Å². The van der Waals surface area contributed by atoms with Crippen LogP contribution < -0.4 is 0 Å². The summed E-state index contributed by atoms with van der Waals surface area (Å²) < 4.78 is 0. The molecule has 0 amide bonds. The maximum atomic E-state index is 3.88. The Morgan fingerprint density at radius 1 is 1.33 bits per heavy atom. The molecule has 3 rings (SSSR count). The maximum absolute atomic E-state index is 3.88. The second-order valence-electron chi connectivity index (χ2n) is 5.55. The van der Waals surface area contributed by atoms with Crippen molar-refractivity contribution in [2.75, 3.05) is 0 Å². The third kappa shape index (κ3) is 0.670. The number of halogens is 1. The van der Waals surface area contributed by atoms with Gasteiger partial charge in [-0.25, -0.2) is 0 Å². The van der Waals surface area contributed by atoms with Crippen molar-refractivity contribution in [1.29, 1.82) is 0 Å². The van der Waals surface area contributed by atoms with Crippen LogP contribution in [0.25, 0.3) is 0 Å². The molecule has 0 heterocycles. The topological polar surface area (TPSA) is 0 Å². The molecular formula is C11H17Br. The Kier molecular flexibility index (Phi) is 1.38. The van der Waals surface area contributed by atoms with Crippen molar-refractivity contribution in [1.82, 2.24) is 0 Å². The summed E-state index contributed by atoms with van der Waals surface area (Å²) in [7, 11) is 0. The average Bonchev–Trinajstić information content (AvgIpc) is 2.47. The molecule has 0 nitrogen and oxygen atoms in total. The normalized spacial score (nSPS) is 67.8. The lowest BCUT2D eigenvalue weighted by molar-refractivity contribution is 0.132. The summed E-state index contributed by atoms with van der Waals surface area (Å²) in [5.74, 6) is 4.19. The second kappa shape index (κ2) is 2.10. The Balaban J connectivity index is 2.03. The Labute approximate surface area is 83.2 Å². The summed E-state index contributed by atoms with van der Waals surface area (Å²) in [4.78, 5) is 0.858. The molecule has 0 spiro atoms. The highest BCUT2D eigenvalue weighted by molar-refractivity contribution is 9.09. The van der Waals surface area contributed by atoms with E-state index < -0.39 is 0 Å². The minimum absolute atomic E-state index is 0.710. The van der Waals surface area contributed by atoms with Gasteiger partial charge in [-0.1, -0.05) is 29.8 Å². The van der Waals surface area contributed by atoms with Crippen LogP contribution in [0.3, 0.4) is 0 Å². The first-order chi connectivity index (χ1) is 5.63. The van der Waals surface area contributed by atoms with Crippen LogP contribution in [0.15, 0.2) is 0 Å². The van der Waals surface area contributed by atoms with Crippen molar-refractivity contribution in [2.24, 2.45) is 29.1 Å². The van der Waals surface area contributed by atoms with E-state index >= 15 is 0 Å². The molecule has 0 aliphatic heterocycles. The molecule has 68 valence electrons. The minimum Gasteiger partial charge on any atom is -0.0887 e. The molecule has 3 unspecified atom stereocenters. The summed E-state index contributed by atoms with van der Waals surface area (Å²) in [6.07, 6.45) is 4.52. The fourth-order valence-electron chi connectivity index (χ4n) is 4.56. The largest absolute Gasteiger partial charge is 0.0887 e. The van der Waals surface area contributed by atoms with Gasteiger partial charge in [0.15, 0.2) is 0 Å². The molecule has 1 heteroatoms. The number of hydrogen-bond acceptors (Lipinski definition) is 0. The van der Waals surface area contributed by atoms with E-state index in [2.05, 4.69) is 29.8 Å². The molecular weight excluding hydrogens is 212 g/mol. The zero-order valence-electron chi connectivity index (χ0n) is 7.89. The van der Waals surface area contributed by atoms with Crippen LogP contribution in [-0.2, 0) is 0 Å². The van der Waals surface area contributed by atoms with E-state index in [1.807, 2.05) is 0 Å². The highest BCUT2D eigenvalue weighted by atomic mass is 79.9. The summed E-state index contributed by atoms with van der Waals surface area (Å²) in [5, 5.41) is 0. The second-order valence-corrected chi connectivity index (χ2v) is 6.72. The zero-order valence-corrected chi connectivity index (χ0v) is 9.47. The fourth-order valence-corrected chi connectivity index (χ4v) is 6.03. The van der Waals surface area contributed by atoms with Gasteiger partial charge in [-0.2, -0.15) is 0 Å². The average molecular weight is 229 g/mol. The lowest BCUT2D eigenvalue weighted by Crippen LogP contribution is -2.33. The predicted molar refractivity (Wildman–Crippen MR) is 54.3 cm³/mol. The molecule has 0 aromatic rings. The van der Waals surface area contributed by atoms with Crippen molar-refractivity contribution in [3.05, 3.63) is 0 Å². The van der Waals surface area contributed by atoms with Gasteiger partial charge in [0.25, 0.3) is 0 Å². The van der Waals surface area contributed by atoms with Crippen LogP contribution in [0.2, 0.25) is 0 Å². The van der Waals surface area contributed by atoms with Gasteiger partial charge in [0.05, 0.1) is 0 Å². The Hall–Kier alpha value is 0.480. The van der Waals surface area contributed by atoms with Gasteiger partial charge < -0.3 is 0 Å². The molecule has 3 aliphatic carbocycles. The Morgan fingerprint density at radius 3 is 2.67 bits per heavy atom. The van der Waals surface area contributed by atoms with Gasteiger partial charge >= 0.3 is 0 Å². The first-order valence-electron chi connectivity index (χ1n) is 5.27. The summed E-state index contributed by atoms with van der Waals surface area (Å²) in [6.45, 7) is 5.00. The van der Waals surface area contributed by atoms with Crippen LogP contribution in [0.5, 0.6) is 0 Å². The van der Waals surface area contributed by atoms with E-state index in [-0.39, 0.29) is 0 Å². The van der Waals surface area contributed by atoms with Gasteiger partial charge in [-0.3, -0.25) is 0 Å². The third-order valence-electron chi connectivity index (χ3n) is 5.20. The van der Waals surface area contributed by atoms with Crippen molar-refractivity contribution in [3.8, 4) is 0 Å². The molecule has 0 aromatic carbocycles. The highest BCUT2D eigenvalue weighted by Crippen LogP contribution is 2.71. The summed E-state index contributed by atoms with van der Waals surface area (Å²) in [6, 6.07) is 0. The standard InChI is InChI=1S/C11H17Br/c1-6-3-8-7-4-9(12)10(8)11(6,2)5-7/h6-10H,3-5H2,1-2H3/t6-,7?,8?,9-,10?,11-/m1/s1. The third-order valence-corrected chi connectivity index (χ3v) is 6.14. The number of hydrogen-bond donors (Lipinski definition) is 0. The van der Waals surface area contributed by atoms with Crippen LogP contribution in [0, 0.1) is 29.1 Å².